The molecule has 0 saturated carbocycles. The van der Waals surface area contributed by atoms with Crippen LogP contribution in [0.2, 0.25) is 0 Å². The van der Waals surface area contributed by atoms with Crippen LogP contribution in [0, 0.1) is 13.8 Å². The fraction of sp³-hybridized carbons (Fsp3) is 0.0909. The standard InChI is InChI=1S/C33H27N17O5/c1-17-24(41-43-28-21(23(52)16-51)14-36-47(28)19-10-6-4-7-11-19)26(34)49(45-17)31-38-32(40-33(54)39-31)50-27(35)25(18(2)46-50)42-44-29-22(30(53)55-3)15-37-48(29)20-12-8-5-9-13-20/h4-16H,34-35H2,1-3H3,(H,38,39,40,54). The summed E-state index contributed by atoms with van der Waals surface area (Å²) in [5, 5.41) is 44.8. The molecule has 0 aliphatic carbocycles. The second kappa shape index (κ2) is 14.4. The quantitative estimate of drug-likeness (QED) is 0.0553. The number of carbonyl (C=O) groups excluding carboxylic acids is 3. The van der Waals surface area contributed by atoms with E-state index in [2.05, 4.69) is 55.8 Å². The predicted molar refractivity (Wildman–Crippen MR) is 191 cm³/mol. The van der Waals surface area contributed by atoms with Gasteiger partial charge in [-0.15, -0.1) is 20.5 Å². The molecule has 7 rings (SSSR count). The minimum atomic E-state index is -0.854. The summed E-state index contributed by atoms with van der Waals surface area (Å²) in [6.45, 7) is 3.18. The van der Waals surface area contributed by atoms with Crippen LogP contribution in [0.4, 0.5) is 34.6 Å². The van der Waals surface area contributed by atoms with Crippen LogP contribution in [0.3, 0.4) is 0 Å². The number of ether oxygens (including phenoxy) is 1. The van der Waals surface area contributed by atoms with E-state index in [1.54, 1.807) is 68.4 Å². The van der Waals surface area contributed by atoms with E-state index in [0.717, 1.165) is 9.36 Å². The second-order valence-corrected chi connectivity index (χ2v) is 11.3. The zero-order valence-electron chi connectivity index (χ0n) is 28.9. The van der Waals surface area contributed by atoms with E-state index in [1.165, 1.54) is 28.9 Å². The van der Waals surface area contributed by atoms with Gasteiger partial charge < -0.3 is 21.3 Å². The van der Waals surface area contributed by atoms with Gasteiger partial charge in [0.05, 0.1) is 47.8 Å². The number of hydrogen-bond donors (Lipinski definition) is 3. The van der Waals surface area contributed by atoms with Crippen molar-refractivity contribution < 1.29 is 24.2 Å². The largest absolute Gasteiger partial charge is 0.479 e. The van der Waals surface area contributed by atoms with Crippen molar-refractivity contribution in [1.29, 1.82) is 0 Å². The number of hydrogen-bond acceptors (Lipinski definition) is 18. The smallest absolute Gasteiger partial charge is 0.343 e. The number of nitrogens with two attached hydrogens (primary N) is 2. The van der Waals surface area contributed by atoms with Crippen LogP contribution in [0.5, 0.6) is 6.01 Å². The monoisotopic (exact) mass is 741 g/mol. The third-order valence-electron chi connectivity index (χ3n) is 7.86. The molecule has 274 valence electrons. The SMILES string of the molecule is COC(=O)c1cnn(-c2ccccc2)c1N=Nc1c(C)nn(-c2nc(O)nc(-n3nc(C)c(N=Nc4c(C(=O)C=O)cnn4-c4ccccc4)c3N)n2)c1N. The van der Waals surface area contributed by atoms with E-state index < -0.39 is 17.8 Å². The van der Waals surface area contributed by atoms with Gasteiger partial charge in [-0.3, -0.25) is 9.59 Å². The Kier molecular flexibility index (Phi) is 9.18. The zero-order chi connectivity index (χ0) is 38.8. The Balaban J connectivity index is 1.24. The highest BCUT2D eigenvalue weighted by Gasteiger charge is 2.24. The summed E-state index contributed by atoms with van der Waals surface area (Å²) in [4.78, 5) is 48.6. The molecule has 5 N–H and O–H groups in total. The predicted octanol–water partition coefficient (Wildman–Crippen LogP) is 4.10. The fourth-order valence-electron chi connectivity index (χ4n) is 5.24. The lowest BCUT2D eigenvalue weighted by atomic mass is 10.2. The van der Waals surface area contributed by atoms with Crippen molar-refractivity contribution in [2.75, 3.05) is 18.6 Å². The highest BCUT2D eigenvalue weighted by Crippen LogP contribution is 2.34. The number of rotatable bonds is 11. The van der Waals surface area contributed by atoms with E-state index in [9.17, 15) is 19.5 Å². The van der Waals surface area contributed by atoms with Crippen molar-refractivity contribution in [2.45, 2.75) is 13.8 Å². The number of aryl methyl sites for hydroxylation is 2. The number of methoxy groups -OCH3 is 1. The number of Topliss-reactive ketones (excluding diaryl/α,β-unsaturated/α-hetero) is 1. The number of aldehydes is 1. The van der Waals surface area contributed by atoms with Crippen LogP contribution in [0.1, 0.15) is 32.1 Å². The van der Waals surface area contributed by atoms with Crippen molar-refractivity contribution in [3.8, 4) is 29.3 Å². The number of ketones is 1. The molecule has 55 heavy (non-hydrogen) atoms. The lowest BCUT2D eigenvalue weighted by Gasteiger charge is -2.06. The number of para-hydroxylation sites is 2. The molecule has 0 aliphatic heterocycles. The fourth-order valence-corrected chi connectivity index (χ4v) is 5.24. The lowest BCUT2D eigenvalue weighted by molar-refractivity contribution is -0.104. The molecule has 0 fully saturated rings. The minimum absolute atomic E-state index is 0.0292. The maximum atomic E-state index is 12.5. The summed E-state index contributed by atoms with van der Waals surface area (Å²) in [5.41, 5.74) is 14.7. The van der Waals surface area contributed by atoms with Crippen LogP contribution < -0.4 is 11.5 Å². The van der Waals surface area contributed by atoms with Crippen LogP contribution in [-0.4, -0.2) is 84.3 Å². The van der Waals surface area contributed by atoms with E-state index >= 15 is 0 Å². The number of esters is 1. The number of aromatic hydroxyl groups is 1. The van der Waals surface area contributed by atoms with Crippen molar-refractivity contribution in [3.05, 3.63) is 95.6 Å². The van der Waals surface area contributed by atoms with Gasteiger partial charge in [0.15, 0.2) is 40.9 Å². The van der Waals surface area contributed by atoms with Gasteiger partial charge in [-0.25, -0.2) is 14.2 Å². The molecule has 0 aliphatic rings. The van der Waals surface area contributed by atoms with Crippen LogP contribution in [0.15, 0.2) is 93.5 Å². The Morgan fingerprint density at radius 1 is 0.691 bits per heavy atom. The van der Waals surface area contributed by atoms with Gasteiger partial charge in [0.25, 0.3) is 11.9 Å². The number of nitrogen functional groups attached to an aromatic ring is 2. The maximum Gasteiger partial charge on any atom is 0.343 e. The lowest BCUT2D eigenvalue weighted by Crippen LogP contribution is -2.13. The number of benzene rings is 2. The Labute approximate surface area is 308 Å². The van der Waals surface area contributed by atoms with Crippen LogP contribution >= 0.6 is 0 Å². The van der Waals surface area contributed by atoms with Gasteiger partial charge in [0, 0.05) is 0 Å². The molecule has 0 radical (unpaired) electrons. The number of aromatic nitrogens is 11. The van der Waals surface area contributed by atoms with E-state index in [0.29, 0.717) is 11.4 Å². The molecule has 22 nitrogen and oxygen atoms in total. The van der Waals surface area contributed by atoms with E-state index in [1.807, 2.05) is 6.07 Å². The molecule has 0 atom stereocenters. The Bertz CT molecular complexity index is 2660. The summed E-state index contributed by atoms with van der Waals surface area (Å²) in [6.07, 6.45) is 2.67. The van der Waals surface area contributed by atoms with Gasteiger partial charge in [-0.2, -0.15) is 44.7 Å². The van der Waals surface area contributed by atoms with Gasteiger partial charge in [-0.05, 0) is 38.1 Å². The summed E-state index contributed by atoms with van der Waals surface area (Å²) in [5.74, 6) is -2.18. The van der Waals surface area contributed by atoms with E-state index in [4.69, 9.17) is 16.2 Å². The molecule has 0 bridgehead atoms. The van der Waals surface area contributed by atoms with Crippen LogP contribution in [0.25, 0.3) is 23.3 Å². The second-order valence-electron chi connectivity index (χ2n) is 11.3. The van der Waals surface area contributed by atoms with Gasteiger partial charge >= 0.3 is 12.0 Å². The summed E-state index contributed by atoms with van der Waals surface area (Å²) < 4.78 is 9.81. The number of azo groups is 2. The average molecular weight is 742 g/mol. The van der Waals surface area contributed by atoms with Crippen LogP contribution in [-0.2, 0) is 9.53 Å². The van der Waals surface area contributed by atoms with Crippen molar-refractivity contribution in [3.63, 3.8) is 0 Å². The van der Waals surface area contributed by atoms with E-state index in [-0.39, 0.29) is 75.3 Å². The molecule has 0 amide bonds. The number of carbonyl (C=O) groups is 3. The molecular formula is C33H27N17O5. The molecule has 7 aromatic rings. The highest BCUT2D eigenvalue weighted by atomic mass is 16.5. The van der Waals surface area contributed by atoms with Gasteiger partial charge in [0.1, 0.15) is 5.56 Å². The van der Waals surface area contributed by atoms with Crippen molar-refractivity contribution in [2.24, 2.45) is 20.5 Å². The molecular weight excluding hydrogens is 714 g/mol. The molecule has 0 unspecified atom stereocenters. The first-order valence-electron chi connectivity index (χ1n) is 15.9. The first-order chi connectivity index (χ1) is 26.6. The number of anilines is 2. The third-order valence-corrected chi connectivity index (χ3v) is 7.86. The first kappa shape index (κ1) is 35.1. The Morgan fingerprint density at radius 2 is 1.15 bits per heavy atom. The Morgan fingerprint density at radius 3 is 1.60 bits per heavy atom. The average Bonchev–Trinajstić information content (AvgIpc) is 3.96. The van der Waals surface area contributed by atoms with Crippen molar-refractivity contribution in [1.82, 2.24) is 54.1 Å². The molecule has 5 aromatic heterocycles. The van der Waals surface area contributed by atoms with Gasteiger partial charge in [-0.1, -0.05) is 36.4 Å². The first-order valence-corrected chi connectivity index (χ1v) is 15.9. The third kappa shape index (κ3) is 6.52. The molecule has 0 spiro atoms. The van der Waals surface area contributed by atoms with Gasteiger partial charge in [0.2, 0.25) is 5.78 Å². The van der Waals surface area contributed by atoms with Crippen molar-refractivity contribution >= 4 is 52.7 Å². The summed E-state index contributed by atoms with van der Waals surface area (Å²) >= 11 is 0. The maximum absolute atomic E-state index is 12.5. The topological polar surface area (TPSA) is 292 Å². The normalized spacial score (nSPS) is 11.5. The highest BCUT2D eigenvalue weighted by molar-refractivity contribution is 6.34. The minimum Gasteiger partial charge on any atom is -0.479 e. The molecule has 22 heteroatoms. The molecule has 5 heterocycles. The summed E-state index contributed by atoms with van der Waals surface area (Å²) in [6, 6.07) is 17.0. The summed E-state index contributed by atoms with van der Waals surface area (Å²) in [7, 11) is 1.23. The zero-order valence-corrected chi connectivity index (χ0v) is 28.9. The number of nitrogens with zero attached hydrogens (tertiary/aromatic N) is 15. The molecule has 2 aromatic carbocycles. The Hall–Kier alpha value is -8.30. The molecule has 0 saturated heterocycles.